The molecule has 6 nitrogen and oxygen atoms in total. The van der Waals surface area contributed by atoms with Crippen molar-refractivity contribution in [1.82, 2.24) is 10.2 Å². The quantitative estimate of drug-likeness (QED) is 0.704. The molecule has 1 aromatic rings. The molecule has 0 heterocycles. The Labute approximate surface area is 150 Å². The van der Waals surface area contributed by atoms with E-state index in [1.807, 2.05) is 13.8 Å². The number of nitrogens with zero attached hydrogens (tertiary/aromatic N) is 1. The number of benzene rings is 1. The largest absolute Gasteiger partial charge is 0.493 e. The van der Waals surface area contributed by atoms with Gasteiger partial charge < -0.3 is 19.7 Å². The lowest BCUT2D eigenvalue weighted by molar-refractivity contribution is -0.121. The summed E-state index contributed by atoms with van der Waals surface area (Å²) in [5.74, 6) is 1.31. The van der Waals surface area contributed by atoms with Gasteiger partial charge in [-0.2, -0.15) is 0 Å². The standard InChI is InChI=1S/C19H30N2O4/c1-6-20-18(22)13-21(7-2)19(23)15-8-9-16(17(12-15)24-5)25-11-10-14(3)4/h8-9,12,14H,6-7,10-11,13H2,1-5H3,(H,20,22). The van der Waals surface area contributed by atoms with E-state index < -0.39 is 0 Å². The molecule has 0 aliphatic heterocycles. The average Bonchev–Trinajstić information content (AvgIpc) is 2.59. The van der Waals surface area contributed by atoms with Gasteiger partial charge in [0.05, 0.1) is 20.3 Å². The Bertz CT molecular complexity index is 573. The van der Waals surface area contributed by atoms with Crippen LogP contribution in [0.15, 0.2) is 18.2 Å². The second-order valence-electron chi connectivity index (χ2n) is 6.17. The first-order valence-corrected chi connectivity index (χ1v) is 8.79. The van der Waals surface area contributed by atoms with Gasteiger partial charge in [0.2, 0.25) is 5.91 Å². The van der Waals surface area contributed by atoms with Crippen molar-refractivity contribution in [1.29, 1.82) is 0 Å². The molecule has 25 heavy (non-hydrogen) atoms. The Kier molecular flexibility index (Phi) is 8.81. The van der Waals surface area contributed by atoms with Gasteiger partial charge in [0.25, 0.3) is 5.91 Å². The number of carbonyl (C=O) groups excluding carboxylic acids is 2. The first-order valence-electron chi connectivity index (χ1n) is 8.79. The fourth-order valence-electron chi connectivity index (χ4n) is 2.26. The van der Waals surface area contributed by atoms with E-state index in [-0.39, 0.29) is 18.4 Å². The number of ether oxygens (including phenoxy) is 2. The Morgan fingerprint density at radius 2 is 1.92 bits per heavy atom. The molecule has 0 aliphatic carbocycles. The first kappa shape index (κ1) is 20.8. The van der Waals surface area contributed by atoms with E-state index in [0.29, 0.717) is 42.7 Å². The summed E-state index contributed by atoms with van der Waals surface area (Å²) in [5.41, 5.74) is 0.471. The molecule has 0 bridgehead atoms. The van der Waals surface area contributed by atoms with Crippen molar-refractivity contribution in [3.8, 4) is 11.5 Å². The number of hydrogen-bond donors (Lipinski definition) is 1. The Balaban J connectivity index is 2.85. The molecule has 1 N–H and O–H groups in total. The number of amides is 2. The Hall–Kier alpha value is -2.24. The second-order valence-corrected chi connectivity index (χ2v) is 6.17. The number of methoxy groups -OCH3 is 1. The van der Waals surface area contributed by atoms with E-state index in [9.17, 15) is 9.59 Å². The average molecular weight is 350 g/mol. The van der Waals surface area contributed by atoms with Crippen LogP contribution in [0.1, 0.15) is 44.5 Å². The third-order valence-corrected chi connectivity index (χ3v) is 3.74. The van der Waals surface area contributed by atoms with Crippen LogP contribution in [0.4, 0.5) is 0 Å². The minimum atomic E-state index is -0.208. The van der Waals surface area contributed by atoms with Gasteiger partial charge in [0.1, 0.15) is 0 Å². The fraction of sp³-hybridized carbons (Fsp3) is 0.579. The summed E-state index contributed by atoms with van der Waals surface area (Å²) < 4.78 is 11.1. The van der Waals surface area contributed by atoms with Crippen LogP contribution in [-0.2, 0) is 4.79 Å². The molecule has 140 valence electrons. The summed E-state index contributed by atoms with van der Waals surface area (Å²) in [4.78, 5) is 25.9. The van der Waals surface area contributed by atoms with Crippen molar-refractivity contribution in [3.63, 3.8) is 0 Å². The highest BCUT2D eigenvalue weighted by Gasteiger charge is 2.19. The highest BCUT2D eigenvalue weighted by molar-refractivity contribution is 5.97. The minimum Gasteiger partial charge on any atom is -0.493 e. The molecule has 0 unspecified atom stereocenters. The van der Waals surface area contributed by atoms with E-state index in [1.165, 1.54) is 4.90 Å². The van der Waals surface area contributed by atoms with Crippen molar-refractivity contribution in [2.24, 2.45) is 5.92 Å². The molecule has 0 aromatic heterocycles. The Morgan fingerprint density at radius 1 is 1.20 bits per heavy atom. The Morgan fingerprint density at radius 3 is 2.48 bits per heavy atom. The second kappa shape index (κ2) is 10.6. The van der Waals surface area contributed by atoms with Gasteiger partial charge in [-0.05, 0) is 44.4 Å². The van der Waals surface area contributed by atoms with E-state index in [1.54, 1.807) is 25.3 Å². The van der Waals surface area contributed by atoms with Crippen molar-refractivity contribution < 1.29 is 19.1 Å². The molecule has 0 saturated carbocycles. The molecule has 0 fully saturated rings. The maximum Gasteiger partial charge on any atom is 0.254 e. The van der Waals surface area contributed by atoms with Gasteiger partial charge >= 0.3 is 0 Å². The maximum atomic E-state index is 12.6. The molecule has 2 amide bonds. The van der Waals surface area contributed by atoms with Crippen LogP contribution in [0.25, 0.3) is 0 Å². The maximum absolute atomic E-state index is 12.6. The van der Waals surface area contributed by atoms with Gasteiger partial charge in [0.15, 0.2) is 11.5 Å². The van der Waals surface area contributed by atoms with Crippen molar-refractivity contribution in [2.45, 2.75) is 34.1 Å². The number of rotatable bonds is 10. The molecule has 0 aliphatic rings. The van der Waals surface area contributed by atoms with E-state index in [2.05, 4.69) is 19.2 Å². The molecule has 0 radical (unpaired) electrons. The smallest absolute Gasteiger partial charge is 0.254 e. The third-order valence-electron chi connectivity index (χ3n) is 3.74. The van der Waals surface area contributed by atoms with E-state index in [4.69, 9.17) is 9.47 Å². The molecule has 0 atom stereocenters. The van der Waals surface area contributed by atoms with E-state index >= 15 is 0 Å². The number of hydrogen-bond acceptors (Lipinski definition) is 4. The lowest BCUT2D eigenvalue weighted by Crippen LogP contribution is -2.40. The van der Waals surface area contributed by atoms with Crippen molar-refractivity contribution in [2.75, 3.05) is 33.4 Å². The molecule has 0 saturated heterocycles. The van der Waals surface area contributed by atoms with Crippen LogP contribution in [-0.4, -0.2) is 50.1 Å². The molecular formula is C19H30N2O4. The monoisotopic (exact) mass is 350 g/mol. The normalized spacial score (nSPS) is 10.5. The van der Waals surface area contributed by atoms with Gasteiger partial charge in [-0.3, -0.25) is 9.59 Å². The lowest BCUT2D eigenvalue weighted by atomic mass is 10.1. The predicted octanol–water partition coefficient (Wildman–Crippen LogP) is 2.72. The van der Waals surface area contributed by atoms with Crippen LogP contribution >= 0.6 is 0 Å². The predicted molar refractivity (Wildman–Crippen MR) is 98.2 cm³/mol. The molecule has 1 rings (SSSR count). The minimum absolute atomic E-state index is 0.0398. The summed E-state index contributed by atoms with van der Waals surface area (Å²) in [7, 11) is 1.55. The van der Waals surface area contributed by atoms with Crippen LogP contribution < -0.4 is 14.8 Å². The first-order chi connectivity index (χ1) is 11.9. The number of likely N-dealkylation sites (N-methyl/N-ethyl adjacent to an activating group) is 2. The van der Waals surface area contributed by atoms with Gasteiger partial charge in [-0.15, -0.1) is 0 Å². The zero-order valence-electron chi connectivity index (χ0n) is 15.9. The highest BCUT2D eigenvalue weighted by Crippen LogP contribution is 2.29. The van der Waals surface area contributed by atoms with Crippen molar-refractivity contribution in [3.05, 3.63) is 23.8 Å². The highest BCUT2D eigenvalue weighted by atomic mass is 16.5. The number of nitrogens with one attached hydrogen (secondary N) is 1. The van der Waals surface area contributed by atoms with Crippen LogP contribution in [0.3, 0.4) is 0 Å². The van der Waals surface area contributed by atoms with E-state index in [0.717, 1.165) is 6.42 Å². The molecule has 0 spiro atoms. The fourth-order valence-corrected chi connectivity index (χ4v) is 2.26. The van der Waals surface area contributed by atoms with Crippen molar-refractivity contribution >= 4 is 11.8 Å². The molecule has 6 heteroatoms. The van der Waals surface area contributed by atoms with Crippen LogP contribution in [0.2, 0.25) is 0 Å². The zero-order valence-corrected chi connectivity index (χ0v) is 15.9. The summed E-state index contributed by atoms with van der Waals surface area (Å²) in [6.07, 6.45) is 0.944. The third kappa shape index (κ3) is 6.64. The van der Waals surface area contributed by atoms with Crippen LogP contribution in [0, 0.1) is 5.92 Å². The van der Waals surface area contributed by atoms with Gasteiger partial charge in [-0.1, -0.05) is 13.8 Å². The topological polar surface area (TPSA) is 67.9 Å². The molecular weight excluding hydrogens is 320 g/mol. The summed E-state index contributed by atoms with van der Waals surface area (Å²) in [5, 5.41) is 2.70. The summed E-state index contributed by atoms with van der Waals surface area (Å²) >= 11 is 0. The number of carbonyl (C=O) groups is 2. The SMILES string of the molecule is CCNC(=O)CN(CC)C(=O)c1ccc(OCCC(C)C)c(OC)c1. The lowest BCUT2D eigenvalue weighted by Gasteiger charge is -2.21. The zero-order chi connectivity index (χ0) is 18.8. The summed E-state index contributed by atoms with van der Waals surface area (Å²) in [6.45, 7) is 9.59. The summed E-state index contributed by atoms with van der Waals surface area (Å²) in [6, 6.07) is 5.11. The van der Waals surface area contributed by atoms with Crippen LogP contribution in [0.5, 0.6) is 11.5 Å². The van der Waals surface area contributed by atoms with Gasteiger partial charge in [-0.25, -0.2) is 0 Å². The van der Waals surface area contributed by atoms with Gasteiger partial charge in [0, 0.05) is 18.7 Å². The molecule has 1 aromatic carbocycles.